The Morgan fingerprint density at radius 3 is 2.92 bits per heavy atom. The molecule has 3 nitrogen and oxygen atoms in total. The third-order valence-corrected chi connectivity index (χ3v) is 1.47. The van der Waals surface area contributed by atoms with Crippen molar-refractivity contribution >= 4 is 12.0 Å². The fourth-order valence-electron chi connectivity index (χ4n) is 0.876. The average Bonchev–Trinajstić information content (AvgIpc) is 2.02. The van der Waals surface area contributed by atoms with Crippen LogP contribution in [0.1, 0.15) is 11.3 Å². The molecule has 4 heteroatoms. The van der Waals surface area contributed by atoms with Crippen LogP contribution in [0.2, 0.25) is 0 Å². The Hall–Kier alpha value is -1.71. The third kappa shape index (κ3) is 2.66. The number of carboxylic acid groups (broad SMARTS) is 1. The van der Waals surface area contributed by atoms with Crippen LogP contribution in [0.3, 0.4) is 0 Å². The maximum atomic E-state index is 12.5. The Morgan fingerprint density at radius 2 is 2.38 bits per heavy atom. The maximum Gasteiger partial charge on any atom is 0.328 e. The number of hydrogen-bond acceptors (Lipinski definition) is 2. The standard InChI is InChI=1S/C9H8FNO2/c1-6-4-7(10)5-11-8(6)2-3-9(12)13/h2-5H,1H3,(H,12,13). The summed E-state index contributed by atoms with van der Waals surface area (Å²) in [4.78, 5) is 13.9. The van der Waals surface area contributed by atoms with Crippen LogP contribution in [-0.2, 0) is 4.79 Å². The minimum atomic E-state index is -1.05. The SMILES string of the molecule is Cc1cc(F)cnc1C=CC(=O)O. The summed E-state index contributed by atoms with van der Waals surface area (Å²) >= 11 is 0. The summed E-state index contributed by atoms with van der Waals surface area (Å²) in [5.74, 6) is -1.48. The lowest BCUT2D eigenvalue weighted by molar-refractivity contribution is -0.131. The minimum absolute atomic E-state index is 0.426. The van der Waals surface area contributed by atoms with E-state index in [4.69, 9.17) is 5.11 Å². The van der Waals surface area contributed by atoms with Gasteiger partial charge in [0.1, 0.15) is 5.82 Å². The quantitative estimate of drug-likeness (QED) is 0.705. The van der Waals surface area contributed by atoms with Crippen LogP contribution < -0.4 is 0 Å². The molecular weight excluding hydrogens is 173 g/mol. The Bertz CT molecular complexity index is 361. The van der Waals surface area contributed by atoms with Gasteiger partial charge in [-0.05, 0) is 24.6 Å². The maximum absolute atomic E-state index is 12.5. The zero-order chi connectivity index (χ0) is 9.84. The summed E-state index contributed by atoms with van der Waals surface area (Å²) in [7, 11) is 0. The first-order valence-corrected chi connectivity index (χ1v) is 3.63. The van der Waals surface area contributed by atoms with Crippen molar-refractivity contribution in [2.24, 2.45) is 0 Å². The number of nitrogens with zero attached hydrogens (tertiary/aromatic N) is 1. The first-order valence-electron chi connectivity index (χ1n) is 3.63. The molecule has 0 spiro atoms. The van der Waals surface area contributed by atoms with Crippen LogP contribution in [0.5, 0.6) is 0 Å². The van der Waals surface area contributed by atoms with E-state index >= 15 is 0 Å². The van der Waals surface area contributed by atoms with Crippen LogP contribution in [-0.4, -0.2) is 16.1 Å². The molecule has 0 bridgehead atoms. The van der Waals surface area contributed by atoms with E-state index in [0.29, 0.717) is 11.3 Å². The van der Waals surface area contributed by atoms with E-state index in [-0.39, 0.29) is 0 Å². The summed E-state index contributed by atoms with van der Waals surface area (Å²) in [6.07, 6.45) is 3.35. The molecule has 0 amide bonds. The first-order chi connectivity index (χ1) is 6.09. The molecule has 0 radical (unpaired) electrons. The van der Waals surface area contributed by atoms with E-state index in [9.17, 15) is 9.18 Å². The molecule has 1 aromatic rings. The fourth-order valence-corrected chi connectivity index (χ4v) is 0.876. The zero-order valence-corrected chi connectivity index (χ0v) is 6.99. The number of hydrogen-bond donors (Lipinski definition) is 1. The van der Waals surface area contributed by atoms with Gasteiger partial charge in [0.15, 0.2) is 0 Å². The third-order valence-electron chi connectivity index (χ3n) is 1.47. The second-order valence-electron chi connectivity index (χ2n) is 2.53. The number of carboxylic acids is 1. The molecule has 1 aromatic heterocycles. The highest BCUT2D eigenvalue weighted by Crippen LogP contribution is 2.07. The molecule has 1 N–H and O–H groups in total. The van der Waals surface area contributed by atoms with E-state index in [2.05, 4.69) is 4.98 Å². The second-order valence-corrected chi connectivity index (χ2v) is 2.53. The lowest BCUT2D eigenvalue weighted by Crippen LogP contribution is -1.91. The van der Waals surface area contributed by atoms with Crippen molar-refractivity contribution in [1.29, 1.82) is 0 Å². The van der Waals surface area contributed by atoms with Crippen molar-refractivity contribution in [3.8, 4) is 0 Å². The van der Waals surface area contributed by atoms with E-state index in [1.165, 1.54) is 12.1 Å². The Kier molecular flexibility index (Phi) is 2.74. The van der Waals surface area contributed by atoms with Gasteiger partial charge in [-0.1, -0.05) is 0 Å². The predicted molar refractivity (Wildman–Crippen MR) is 45.6 cm³/mol. The van der Waals surface area contributed by atoms with Crippen LogP contribution in [0.15, 0.2) is 18.3 Å². The van der Waals surface area contributed by atoms with Gasteiger partial charge >= 0.3 is 5.97 Å². The fraction of sp³-hybridized carbons (Fsp3) is 0.111. The molecule has 0 aliphatic rings. The predicted octanol–water partition coefficient (Wildman–Crippen LogP) is 1.63. The molecule has 0 fully saturated rings. The van der Waals surface area contributed by atoms with Gasteiger partial charge in [-0.3, -0.25) is 4.98 Å². The van der Waals surface area contributed by atoms with Crippen molar-refractivity contribution in [2.75, 3.05) is 0 Å². The Morgan fingerprint density at radius 1 is 1.69 bits per heavy atom. The number of rotatable bonds is 2. The van der Waals surface area contributed by atoms with Crippen molar-refractivity contribution < 1.29 is 14.3 Å². The highest BCUT2D eigenvalue weighted by atomic mass is 19.1. The highest BCUT2D eigenvalue weighted by Gasteiger charge is 1.98. The van der Waals surface area contributed by atoms with Gasteiger partial charge in [-0.15, -0.1) is 0 Å². The topological polar surface area (TPSA) is 50.2 Å². The van der Waals surface area contributed by atoms with Crippen molar-refractivity contribution in [2.45, 2.75) is 6.92 Å². The summed E-state index contributed by atoms with van der Waals surface area (Å²) in [6.45, 7) is 1.66. The molecule has 0 aliphatic carbocycles. The monoisotopic (exact) mass is 181 g/mol. The van der Waals surface area contributed by atoms with Crippen LogP contribution in [0.4, 0.5) is 4.39 Å². The van der Waals surface area contributed by atoms with Crippen molar-refractivity contribution in [3.63, 3.8) is 0 Å². The smallest absolute Gasteiger partial charge is 0.328 e. The number of aromatic nitrogens is 1. The normalized spacial score (nSPS) is 10.6. The van der Waals surface area contributed by atoms with E-state index < -0.39 is 11.8 Å². The number of aryl methyl sites for hydroxylation is 1. The van der Waals surface area contributed by atoms with Gasteiger partial charge in [-0.25, -0.2) is 9.18 Å². The van der Waals surface area contributed by atoms with Gasteiger partial charge in [0, 0.05) is 6.08 Å². The molecule has 0 saturated carbocycles. The summed E-state index contributed by atoms with van der Waals surface area (Å²) < 4.78 is 12.5. The molecule has 0 unspecified atom stereocenters. The number of halogens is 1. The van der Waals surface area contributed by atoms with Gasteiger partial charge in [-0.2, -0.15) is 0 Å². The summed E-state index contributed by atoms with van der Waals surface area (Å²) in [5, 5.41) is 8.33. The van der Waals surface area contributed by atoms with Crippen LogP contribution in [0.25, 0.3) is 6.08 Å². The molecule has 0 saturated heterocycles. The van der Waals surface area contributed by atoms with Crippen molar-refractivity contribution in [1.82, 2.24) is 4.98 Å². The lowest BCUT2D eigenvalue weighted by Gasteiger charge is -1.97. The van der Waals surface area contributed by atoms with Gasteiger partial charge in [0.2, 0.25) is 0 Å². The first kappa shape index (κ1) is 9.38. The Labute approximate surface area is 74.5 Å². The van der Waals surface area contributed by atoms with E-state index in [0.717, 1.165) is 12.3 Å². The molecule has 0 aliphatic heterocycles. The van der Waals surface area contributed by atoms with Gasteiger partial charge in [0.05, 0.1) is 11.9 Å². The number of pyridine rings is 1. The average molecular weight is 181 g/mol. The molecule has 1 rings (SSSR count). The lowest BCUT2D eigenvalue weighted by atomic mass is 10.2. The molecule has 1 heterocycles. The zero-order valence-electron chi connectivity index (χ0n) is 6.99. The highest BCUT2D eigenvalue weighted by molar-refractivity contribution is 5.85. The number of carbonyl (C=O) groups is 1. The molecular formula is C9H8FNO2. The Balaban J connectivity index is 2.96. The second kappa shape index (κ2) is 3.80. The van der Waals surface area contributed by atoms with Crippen LogP contribution >= 0.6 is 0 Å². The van der Waals surface area contributed by atoms with Crippen molar-refractivity contribution in [3.05, 3.63) is 35.4 Å². The van der Waals surface area contributed by atoms with Gasteiger partial charge < -0.3 is 5.11 Å². The van der Waals surface area contributed by atoms with E-state index in [1.807, 2.05) is 0 Å². The molecule has 0 atom stereocenters. The largest absolute Gasteiger partial charge is 0.478 e. The number of aliphatic carboxylic acids is 1. The summed E-state index contributed by atoms with van der Waals surface area (Å²) in [5.41, 5.74) is 1.07. The van der Waals surface area contributed by atoms with Gasteiger partial charge in [0.25, 0.3) is 0 Å². The van der Waals surface area contributed by atoms with E-state index in [1.54, 1.807) is 6.92 Å². The molecule has 13 heavy (non-hydrogen) atoms. The molecule has 0 aromatic carbocycles. The summed E-state index contributed by atoms with van der Waals surface area (Å²) in [6, 6.07) is 1.30. The minimum Gasteiger partial charge on any atom is -0.478 e. The molecule has 68 valence electrons. The van der Waals surface area contributed by atoms with Crippen LogP contribution in [0, 0.1) is 12.7 Å².